The number of aromatic nitrogens is 2. The molecule has 5 heteroatoms. The van der Waals surface area contributed by atoms with E-state index in [4.69, 9.17) is 10.5 Å². The highest BCUT2D eigenvalue weighted by Crippen LogP contribution is 2.23. The van der Waals surface area contributed by atoms with Gasteiger partial charge in [0.15, 0.2) is 10.8 Å². The van der Waals surface area contributed by atoms with Crippen LogP contribution in [0.5, 0.6) is 0 Å². The number of nitrogens with zero attached hydrogens (tertiary/aromatic N) is 2. The SMILES string of the molecule is CCO/C(=C\c1ccccc1)c1nnc(N)s1. The molecule has 0 bridgehead atoms. The molecule has 88 valence electrons. The van der Waals surface area contributed by atoms with Crippen molar-refractivity contribution in [1.29, 1.82) is 0 Å². The molecule has 2 aromatic rings. The topological polar surface area (TPSA) is 61.0 Å². The van der Waals surface area contributed by atoms with Crippen molar-refractivity contribution in [1.82, 2.24) is 10.2 Å². The number of ether oxygens (including phenoxy) is 1. The highest BCUT2D eigenvalue weighted by molar-refractivity contribution is 7.16. The maximum absolute atomic E-state index is 5.57. The molecule has 0 unspecified atom stereocenters. The average Bonchev–Trinajstić information content (AvgIpc) is 2.77. The van der Waals surface area contributed by atoms with E-state index in [0.717, 1.165) is 5.56 Å². The lowest BCUT2D eigenvalue weighted by molar-refractivity contribution is 0.300. The van der Waals surface area contributed by atoms with Crippen molar-refractivity contribution in [3.63, 3.8) is 0 Å². The first-order valence-corrected chi connectivity index (χ1v) is 6.10. The highest BCUT2D eigenvalue weighted by Gasteiger charge is 2.08. The van der Waals surface area contributed by atoms with Crippen LogP contribution in [0.15, 0.2) is 30.3 Å². The summed E-state index contributed by atoms with van der Waals surface area (Å²) in [5.74, 6) is 0.702. The summed E-state index contributed by atoms with van der Waals surface area (Å²) in [4.78, 5) is 0. The Morgan fingerprint density at radius 3 is 2.71 bits per heavy atom. The number of nitrogens with two attached hydrogens (primary N) is 1. The quantitative estimate of drug-likeness (QED) is 0.844. The molecule has 1 aromatic heterocycles. The van der Waals surface area contributed by atoms with Gasteiger partial charge in [-0.05, 0) is 18.6 Å². The number of rotatable bonds is 4. The molecule has 1 heterocycles. The molecule has 0 radical (unpaired) electrons. The molecular weight excluding hydrogens is 234 g/mol. The predicted octanol–water partition coefficient (Wildman–Crippen LogP) is 2.65. The Hall–Kier alpha value is -1.88. The number of benzene rings is 1. The molecule has 0 spiro atoms. The van der Waals surface area contributed by atoms with Crippen molar-refractivity contribution in [2.75, 3.05) is 12.3 Å². The Balaban J connectivity index is 2.32. The molecule has 0 saturated heterocycles. The fourth-order valence-electron chi connectivity index (χ4n) is 1.36. The van der Waals surface area contributed by atoms with Gasteiger partial charge in [0, 0.05) is 0 Å². The summed E-state index contributed by atoms with van der Waals surface area (Å²) in [7, 11) is 0. The average molecular weight is 247 g/mol. The van der Waals surface area contributed by atoms with Crippen LogP contribution < -0.4 is 5.73 Å². The van der Waals surface area contributed by atoms with E-state index in [1.54, 1.807) is 0 Å². The van der Waals surface area contributed by atoms with Crippen LogP contribution in [-0.2, 0) is 4.74 Å². The van der Waals surface area contributed by atoms with E-state index in [9.17, 15) is 0 Å². The van der Waals surface area contributed by atoms with Crippen molar-refractivity contribution in [2.45, 2.75) is 6.92 Å². The number of nitrogen functional groups attached to an aromatic ring is 1. The number of hydrogen-bond donors (Lipinski definition) is 1. The molecule has 0 amide bonds. The Kier molecular flexibility index (Phi) is 3.72. The zero-order chi connectivity index (χ0) is 12.1. The van der Waals surface area contributed by atoms with Gasteiger partial charge in [0.1, 0.15) is 0 Å². The predicted molar refractivity (Wildman–Crippen MR) is 70.3 cm³/mol. The highest BCUT2D eigenvalue weighted by atomic mass is 32.1. The van der Waals surface area contributed by atoms with Crippen molar-refractivity contribution in [2.24, 2.45) is 0 Å². The van der Waals surface area contributed by atoms with Gasteiger partial charge in [-0.3, -0.25) is 0 Å². The summed E-state index contributed by atoms with van der Waals surface area (Å²) < 4.78 is 5.56. The van der Waals surface area contributed by atoms with Crippen molar-refractivity contribution < 1.29 is 4.74 Å². The van der Waals surface area contributed by atoms with E-state index in [-0.39, 0.29) is 0 Å². The van der Waals surface area contributed by atoms with E-state index < -0.39 is 0 Å². The van der Waals surface area contributed by atoms with E-state index in [1.807, 2.05) is 43.3 Å². The molecular formula is C12H13N3OS. The van der Waals surface area contributed by atoms with E-state index in [2.05, 4.69) is 10.2 Å². The first-order valence-electron chi connectivity index (χ1n) is 5.28. The lowest BCUT2D eigenvalue weighted by Gasteiger charge is -2.04. The Morgan fingerprint density at radius 2 is 2.12 bits per heavy atom. The first-order chi connectivity index (χ1) is 8.29. The third kappa shape index (κ3) is 3.04. The summed E-state index contributed by atoms with van der Waals surface area (Å²) in [5.41, 5.74) is 6.63. The largest absolute Gasteiger partial charge is 0.491 e. The minimum atomic E-state index is 0.443. The molecule has 4 nitrogen and oxygen atoms in total. The molecule has 0 aliphatic rings. The zero-order valence-corrected chi connectivity index (χ0v) is 10.3. The lowest BCUT2D eigenvalue weighted by Crippen LogP contribution is -1.91. The molecule has 0 fully saturated rings. The van der Waals surface area contributed by atoms with Crippen LogP contribution in [0, 0.1) is 0 Å². The Bertz CT molecular complexity index is 507. The molecule has 0 aliphatic heterocycles. The van der Waals surface area contributed by atoms with Gasteiger partial charge >= 0.3 is 0 Å². The second-order valence-electron chi connectivity index (χ2n) is 3.30. The summed E-state index contributed by atoms with van der Waals surface area (Å²) in [6, 6.07) is 9.93. The van der Waals surface area contributed by atoms with Gasteiger partial charge in [0.25, 0.3) is 0 Å². The summed E-state index contributed by atoms with van der Waals surface area (Å²) in [6.45, 7) is 2.52. The smallest absolute Gasteiger partial charge is 0.203 e. The van der Waals surface area contributed by atoms with Crippen molar-refractivity contribution >= 4 is 28.3 Å². The maximum Gasteiger partial charge on any atom is 0.203 e. The van der Waals surface area contributed by atoms with Crippen molar-refractivity contribution in [3.8, 4) is 0 Å². The fourth-order valence-corrected chi connectivity index (χ4v) is 1.94. The Labute approximate surface area is 104 Å². The normalized spacial score (nSPS) is 11.5. The molecule has 2 rings (SSSR count). The van der Waals surface area contributed by atoms with Crippen LogP contribution in [0.2, 0.25) is 0 Å². The van der Waals surface area contributed by atoms with Crippen LogP contribution in [0.3, 0.4) is 0 Å². The molecule has 2 N–H and O–H groups in total. The van der Waals surface area contributed by atoms with Crippen molar-refractivity contribution in [3.05, 3.63) is 40.9 Å². The third-order valence-electron chi connectivity index (χ3n) is 2.05. The van der Waals surface area contributed by atoms with E-state index in [1.165, 1.54) is 11.3 Å². The van der Waals surface area contributed by atoms with Crippen LogP contribution in [-0.4, -0.2) is 16.8 Å². The second kappa shape index (κ2) is 5.45. The van der Waals surface area contributed by atoms with Gasteiger partial charge in [-0.2, -0.15) is 0 Å². The minimum absolute atomic E-state index is 0.443. The molecule has 0 saturated carbocycles. The number of hydrogen-bond acceptors (Lipinski definition) is 5. The van der Waals surface area contributed by atoms with Crippen LogP contribution in [0.25, 0.3) is 11.8 Å². The standard InChI is InChI=1S/C12H13N3OS/c1-2-16-10(11-14-15-12(13)17-11)8-9-6-4-3-5-7-9/h3-8H,2H2,1H3,(H2,13,15)/b10-8-. The molecule has 1 aromatic carbocycles. The molecule has 0 aliphatic carbocycles. The van der Waals surface area contributed by atoms with E-state index >= 15 is 0 Å². The summed E-state index contributed by atoms with van der Waals surface area (Å²) in [6.07, 6.45) is 1.93. The van der Waals surface area contributed by atoms with Crippen LogP contribution in [0.1, 0.15) is 17.5 Å². The fraction of sp³-hybridized carbons (Fsp3) is 0.167. The first kappa shape index (κ1) is 11.6. The molecule has 17 heavy (non-hydrogen) atoms. The minimum Gasteiger partial charge on any atom is -0.491 e. The van der Waals surface area contributed by atoms with Gasteiger partial charge in [-0.25, -0.2) is 0 Å². The van der Waals surface area contributed by atoms with Gasteiger partial charge in [0.2, 0.25) is 5.13 Å². The van der Waals surface area contributed by atoms with Crippen LogP contribution >= 0.6 is 11.3 Å². The van der Waals surface area contributed by atoms with Gasteiger partial charge in [-0.15, -0.1) is 10.2 Å². The van der Waals surface area contributed by atoms with Gasteiger partial charge in [0.05, 0.1) is 6.61 Å². The lowest BCUT2D eigenvalue weighted by atomic mass is 10.2. The van der Waals surface area contributed by atoms with Gasteiger partial charge in [-0.1, -0.05) is 41.7 Å². The van der Waals surface area contributed by atoms with Gasteiger partial charge < -0.3 is 10.5 Å². The number of anilines is 1. The Morgan fingerprint density at radius 1 is 1.35 bits per heavy atom. The maximum atomic E-state index is 5.57. The zero-order valence-electron chi connectivity index (χ0n) is 9.46. The third-order valence-corrected chi connectivity index (χ3v) is 2.82. The second-order valence-corrected chi connectivity index (χ2v) is 4.31. The summed E-state index contributed by atoms with van der Waals surface area (Å²) >= 11 is 1.32. The molecule has 0 atom stereocenters. The summed E-state index contributed by atoms with van der Waals surface area (Å²) in [5, 5.41) is 8.91. The van der Waals surface area contributed by atoms with Crippen LogP contribution in [0.4, 0.5) is 5.13 Å². The monoisotopic (exact) mass is 247 g/mol. The van der Waals surface area contributed by atoms with E-state index in [0.29, 0.717) is 22.5 Å².